The minimum Gasteiger partial charge on any atom is -0.466 e. The lowest BCUT2D eigenvalue weighted by Crippen LogP contribution is -2.37. The zero-order chi connectivity index (χ0) is 19.4. The molecule has 146 valence electrons. The van der Waals surface area contributed by atoms with Crippen molar-refractivity contribution in [3.8, 4) is 0 Å². The highest BCUT2D eigenvalue weighted by Crippen LogP contribution is 2.07. The predicted octanol–water partition coefficient (Wildman–Crippen LogP) is 2.88. The first-order valence-electron chi connectivity index (χ1n) is 9.40. The van der Waals surface area contributed by atoms with E-state index < -0.39 is 0 Å². The van der Waals surface area contributed by atoms with E-state index in [4.69, 9.17) is 4.74 Å². The van der Waals surface area contributed by atoms with E-state index in [9.17, 15) is 14.0 Å². The summed E-state index contributed by atoms with van der Waals surface area (Å²) in [6.07, 6.45) is 1.24. The fourth-order valence-corrected chi connectivity index (χ4v) is 2.73. The second-order valence-electron chi connectivity index (χ2n) is 6.12. The van der Waals surface area contributed by atoms with Crippen LogP contribution in [-0.2, 0) is 20.7 Å². The number of amides is 1. The SMILES string of the molecule is CCOC(=O)CCN(CCCN(CC)CC)C(=O)Cc1ccc(F)cc1. The van der Waals surface area contributed by atoms with Crippen LogP contribution >= 0.6 is 0 Å². The van der Waals surface area contributed by atoms with Gasteiger partial charge in [0.2, 0.25) is 5.91 Å². The molecule has 0 N–H and O–H groups in total. The first-order valence-corrected chi connectivity index (χ1v) is 9.40. The maximum Gasteiger partial charge on any atom is 0.307 e. The first-order chi connectivity index (χ1) is 12.5. The van der Waals surface area contributed by atoms with Gasteiger partial charge in [-0.1, -0.05) is 26.0 Å². The number of rotatable bonds is 12. The number of nitrogens with zero attached hydrogens (tertiary/aromatic N) is 2. The van der Waals surface area contributed by atoms with Gasteiger partial charge in [-0.2, -0.15) is 0 Å². The predicted molar refractivity (Wildman–Crippen MR) is 100 cm³/mol. The largest absolute Gasteiger partial charge is 0.466 e. The Morgan fingerprint density at radius 3 is 2.23 bits per heavy atom. The monoisotopic (exact) mass is 366 g/mol. The first kappa shape index (κ1) is 22.1. The number of ether oxygens (including phenoxy) is 1. The van der Waals surface area contributed by atoms with Gasteiger partial charge in [0.05, 0.1) is 19.4 Å². The third-order valence-electron chi connectivity index (χ3n) is 4.31. The molecule has 0 aliphatic carbocycles. The topological polar surface area (TPSA) is 49.9 Å². The highest BCUT2D eigenvalue weighted by atomic mass is 19.1. The van der Waals surface area contributed by atoms with Crippen molar-refractivity contribution in [3.05, 3.63) is 35.6 Å². The minimum absolute atomic E-state index is 0.0551. The van der Waals surface area contributed by atoms with Crippen molar-refractivity contribution < 1.29 is 18.7 Å². The third kappa shape index (κ3) is 8.43. The Bertz CT molecular complexity index is 544. The van der Waals surface area contributed by atoms with Gasteiger partial charge in [0.1, 0.15) is 5.82 Å². The highest BCUT2D eigenvalue weighted by Gasteiger charge is 2.16. The molecule has 1 aromatic rings. The van der Waals surface area contributed by atoms with Crippen LogP contribution in [0.25, 0.3) is 0 Å². The summed E-state index contributed by atoms with van der Waals surface area (Å²) < 4.78 is 18.0. The summed E-state index contributed by atoms with van der Waals surface area (Å²) in [5.41, 5.74) is 0.765. The molecule has 0 heterocycles. The molecule has 5 nitrogen and oxygen atoms in total. The molecule has 1 amide bonds. The van der Waals surface area contributed by atoms with Gasteiger partial charge >= 0.3 is 5.97 Å². The Labute approximate surface area is 156 Å². The fourth-order valence-electron chi connectivity index (χ4n) is 2.73. The van der Waals surface area contributed by atoms with Gasteiger partial charge in [0, 0.05) is 13.1 Å². The lowest BCUT2D eigenvalue weighted by molar-refractivity contribution is -0.144. The molecule has 0 aromatic heterocycles. The molecule has 0 aliphatic rings. The Kier molecular flexibility index (Phi) is 10.5. The molecule has 0 bridgehead atoms. The molecular formula is C20H31FN2O3. The lowest BCUT2D eigenvalue weighted by Gasteiger charge is -2.25. The van der Waals surface area contributed by atoms with Crippen LogP contribution in [0.4, 0.5) is 4.39 Å². The summed E-state index contributed by atoms with van der Waals surface area (Å²) in [7, 11) is 0. The lowest BCUT2D eigenvalue weighted by atomic mass is 10.1. The quantitative estimate of drug-likeness (QED) is 0.534. The molecule has 6 heteroatoms. The van der Waals surface area contributed by atoms with E-state index in [1.54, 1.807) is 24.0 Å². The van der Waals surface area contributed by atoms with E-state index in [2.05, 4.69) is 18.7 Å². The normalized spacial score (nSPS) is 10.8. The molecule has 0 radical (unpaired) electrons. The van der Waals surface area contributed by atoms with Crippen molar-refractivity contribution in [1.82, 2.24) is 9.80 Å². The maximum absolute atomic E-state index is 13.0. The van der Waals surface area contributed by atoms with E-state index in [1.165, 1.54) is 12.1 Å². The number of benzene rings is 1. The molecule has 26 heavy (non-hydrogen) atoms. The van der Waals surface area contributed by atoms with Crippen LogP contribution in [0.2, 0.25) is 0 Å². The van der Waals surface area contributed by atoms with E-state index >= 15 is 0 Å². The number of halogens is 1. The van der Waals surface area contributed by atoms with Gasteiger partial charge in [0.25, 0.3) is 0 Å². The standard InChI is InChI=1S/C20H31FN2O3/c1-4-22(5-2)13-7-14-23(15-12-20(25)26-6-3)19(24)16-17-8-10-18(21)11-9-17/h8-11H,4-7,12-16H2,1-3H3. The van der Waals surface area contributed by atoms with Crippen LogP contribution in [0, 0.1) is 5.82 Å². The van der Waals surface area contributed by atoms with Crippen LogP contribution in [0.15, 0.2) is 24.3 Å². The summed E-state index contributed by atoms with van der Waals surface area (Å²) in [6, 6.07) is 5.94. The van der Waals surface area contributed by atoms with E-state index in [0.717, 1.165) is 31.6 Å². The Hall–Kier alpha value is -1.95. The molecule has 0 spiro atoms. The molecule has 0 aliphatic heterocycles. The second-order valence-corrected chi connectivity index (χ2v) is 6.12. The van der Waals surface area contributed by atoms with Gasteiger partial charge in [-0.15, -0.1) is 0 Å². The van der Waals surface area contributed by atoms with Crippen LogP contribution in [-0.4, -0.2) is 61.0 Å². The van der Waals surface area contributed by atoms with Gasteiger partial charge in [-0.05, 0) is 50.7 Å². The summed E-state index contributed by atoms with van der Waals surface area (Å²) in [5.74, 6) is -0.670. The zero-order valence-corrected chi connectivity index (χ0v) is 16.2. The second kappa shape index (κ2) is 12.4. The highest BCUT2D eigenvalue weighted by molar-refractivity contribution is 5.79. The summed E-state index contributed by atoms with van der Waals surface area (Å²) >= 11 is 0. The van der Waals surface area contributed by atoms with Crippen molar-refractivity contribution in [3.63, 3.8) is 0 Å². The minimum atomic E-state index is -0.320. The molecule has 0 atom stereocenters. The van der Waals surface area contributed by atoms with Crippen molar-refractivity contribution >= 4 is 11.9 Å². The Balaban J connectivity index is 2.63. The molecule has 1 rings (SSSR count). The Morgan fingerprint density at radius 2 is 1.65 bits per heavy atom. The summed E-state index contributed by atoms with van der Waals surface area (Å²) in [4.78, 5) is 28.3. The summed E-state index contributed by atoms with van der Waals surface area (Å²) in [6.45, 7) is 10.1. The maximum atomic E-state index is 13.0. The number of carbonyl (C=O) groups is 2. The number of carbonyl (C=O) groups excluding carboxylic acids is 2. The van der Waals surface area contributed by atoms with Crippen LogP contribution in [0.5, 0.6) is 0 Å². The fraction of sp³-hybridized carbons (Fsp3) is 0.600. The zero-order valence-electron chi connectivity index (χ0n) is 16.2. The molecule has 0 saturated carbocycles. The number of hydrogen-bond acceptors (Lipinski definition) is 4. The molecule has 0 saturated heterocycles. The molecule has 0 fully saturated rings. The Morgan fingerprint density at radius 1 is 1.00 bits per heavy atom. The average Bonchev–Trinajstić information content (AvgIpc) is 2.63. The number of hydrogen-bond donors (Lipinski definition) is 0. The van der Waals surface area contributed by atoms with Gasteiger partial charge in [0.15, 0.2) is 0 Å². The van der Waals surface area contributed by atoms with Crippen molar-refractivity contribution in [1.29, 1.82) is 0 Å². The number of esters is 1. The van der Waals surface area contributed by atoms with E-state index in [-0.39, 0.29) is 30.5 Å². The van der Waals surface area contributed by atoms with Crippen LogP contribution < -0.4 is 0 Å². The van der Waals surface area contributed by atoms with Gasteiger partial charge in [-0.25, -0.2) is 4.39 Å². The molecule has 0 unspecified atom stereocenters. The van der Waals surface area contributed by atoms with E-state index in [1.807, 2.05) is 0 Å². The van der Waals surface area contributed by atoms with Crippen LogP contribution in [0.1, 0.15) is 39.2 Å². The van der Waals surface area contributed by atoms with Crippen molar-refractivity contribution in [2.75, 3.05) is 39.3 Å². The van der Waals surface area contributed by atoms with Crippen molar-refractivity contribution in [2.24, 2.45) is 0 Å². The van der Waals surface area contributed by atoms with Gasteiger partial charge < -0.3 is 14.5 Å². The van der Waals surface area contributed by atoms with Crippen LogP contribution in [0.3, 0.4) is 0 Å². The summed E-state index contributed by atoms with van der Waals surface area (Å²) in [5, 5.41) is 0. The average molecular weight is 366 g/mol. The third-order valence-corrected chi connectivity index (χ3v) is 4.31. The molecule has 1 aromatic carbocycles. The van der Waals surface area contributed by atoms with Crippen molar-refractivity contribution in [2.45, 2.75) is 40.0 Å². The van der Waals surface area contributed by atoms with Gasteiger partial charge in [-0.3, -0.25) is 9.59 Å². The molecular weight excluding hydrogens is 335 g/mol. The smallest absolute Gasteiger partial charge is 0.307 e. The van der Waals surface area contributed by atoms with E-state index in [0.29, 0.717) is 19.7 Å².